The van der Waals surface area contributed by atoms with Gasteiger partial charge >= 0.3 is 6.09 Å². The Hall–Kier alpha value is -4.10. The third-order valence-corrected chi connectivity index (χ3v) is 10.2. The van der Waals surface area contributed by atoms with E-state index in [2.05, 4.69) is 9.71 Å². The van der Waals surface area contributed by atoms with E-state index in [9.17, 15) is 28.1 Å². The number of sulfonamides is 1. The Kier molecular flexibility index (Phi) is 8.38. The number of nitro groups is 1. The number of ether oxygens (including phenoxy) is 1. The number of hydrogen-bond donors (Lipinski definition) is 1. The largest absolute Gasteiger partial charge is 0.444 e. The second-order valence-electron chi connectivity index (χ2n) is 12.7. The number of rotatable bonds is 7. The zero-order chi connectivity index (χ0) is 31.8. The summed E-state index contributed by atoms with van der Waals surface area (Å²) >= 11 is 0. The van der Waals surface area contributed by atoms with Crippen molar-refractivity contribution in [2.24, 2.45) is 5.41 Å². The Morgan fingerprint density at radius 2 is 1.73 bits per heavy atom. The van der Waals surface area contributed by atoms with Gasteiger partial charge in [0.05, 0.1) is 27.4 Å². The maximum Gasteiger partial charge on any atom is 0.410 e. The number of nitrogens with zero attached hydrogens (tertiary/aromatic N) is 4. The molecule has 1 aromatic heterocycles. The fraction of sp³-hybridized carbons (Fsp3) is 0.452. The number of nitro benzene ring substituents is 1. The molecule has 1 spiro atoms. The minimum atomic E-state index is -4.22. The lowest BCUT2D eigenvalue weighted by molar-refractivity contribution is -0.384. The van der Waals surface area contributed by atoms with Crippen LogP contribution in [0.3, 0.4) is 0 Å². The average molecular weight is 624 g/mol. The first kappa shape index (κ1) is 31.3. The molecule has 1 N–H and O–H groups in total. The molecule has 1 atom stereocenters. The standard InChI is InChI=1S/C31H37N5O7S/c1-29(2,3)43-28(38)34-18-17-31(30(20-34)15-7-8-16-30,33-44(41,42)25-13-11-24(12-14-25)36(39)40)21-35-22-32-26(19-27(35)37)23-9-5-4-6-10-23/h4-6,9-14,19,22,33H,7-8,15-18,20-21H2,1-3H3. The highest BCUT2D eigenvalue weighted by Gasteiger charge is 2.58. The lowest BCUT2D eigenvalue weighted by Crippen LogP contribution is -2.69. The summed E-state index contributed by atoms with van der Waals surface area (Å²) in [4.78, 5) is 43.3. The van der Waals surface area contributed by atoms with E-state index in [-0.39, 0.29) is 42.2 Å². The smallest absolute Gasteiger partial charge is 0.410 e. The molecule has 2 aromatic carbocycles. The van der Waals surface area contributed by atoms with Gasteiger partial charge in [-0.05, 0) is 52.2 Å². The van der Waals surface area contributed by atoms with Gasteiger partial charge in [-0.2, -0.15) is 0 Å². The summed E-state index contributed by atoms with van der Waals surface area (Å²) in [7, 11) is -4.22. The van der Waals surface area contributed by atoms with E-state index in [0.29, 0.717) is 18.5 Å². The molecule has 44 heavy (non-hydrogen) atoms. The van der Waals surface area contributed by atoms with E-state index < -0.39 is 37.6 Å². The average Bonchev–Trinajstić information content (AvgIpc) is 3.45. The van der Waals surface area contributed by atoms with Crippen LogP contribution in [-0.4, -0.2) is 58.1 Å². The van der Waals surface area contributed by atoms with Crippen molar-refractivity contribution in [2.75, 3.05) is 13.1 Å². The van der Waals surface area contributed by atoms with Crippen LogP contribution in [0.1, 0.15) is 52.9 Å². The number of carbonyl (C=O) groups is 1. The summed E-state index contributed by atoms with van der Waals surface area (Å²) in [5, 5.41) is 11.2. The van der Waals surface area contributed by atoms with Gasteiger partial charge in [0.25, 0.3) is 11.2 Å². The van der Waals surface area contributed by atoms with Crippen LogP contribution < -0.4 is 10.3 Å². The maximum atomic E-state index is 14.0. The number of nitrogens with one attached hydrogen (secondary N) is 1. The molecule has 2 fully saturated rings. The summed E-state index contributed by atoms with van der Waals surface area (Å²) in [5.41, 5.74) is -1.88. The maximum absolute atomic E-state index is 14.0. The molecule has 2 heterocycles. The highest BCUT2D eigenvalue weighted by molar-refractivity contribution is 7.89. The van der Waals surface area contributed by atoms with E-state index in [1.807, 2.05) is 30.3 Å². The molecule has 1 unspecified atom stereocenters. The highest BCUT2D eigenvalue weighted by Crippen LogP contribution is 2.52. The molecule has 0 radical (unpaired) electrons. The van der Waals surface area contributed by atoms with Crippen LogP contribution >= 0.6 is 0 Å². The van der Waals surface area contributed by atoms with Gasteiger partial charge in [0.15, 0.2) is 0 Å². The Morgan fingerprint density at radius 3 is 2.32 bits per heavy atom. The van der Waals surface area contributed by atoms with Crippen molar-refractivity contribution in [1.29, 1.82) is 0 Å². The van der Waals surface area contributed by atoms with E-state index in [0.717, 1.165) is 30.5 Å². The first-order valence-electron chi connectivity index (χ1n) is 14.6. The molecule has 1 saturated carbocycles. The van der Waals surface area contributed by atoms with Gasteiger partial charge in [0.2, 0.25) is 10.0 Å². The topological polar surface area (TPSA) is 154 Å². The molecule has 234 valence electrons. The first-order chi connectivity index (χ1) is 20.7. The van der Waals surface area contributed by atoms with Crippen LogP contribution in [0.5, 0.6) is 0 Å². The summed E-state index contributed by atoms with van der Waals surface area (Å²) in [6.07, 6.45) is 4.08. The van der Waals surface area contributed by atoms with Crippen LogP contribution in [0, 0.1) is 15.5 Å². The molecule has 12 nitrogen and oxygen atoms in total. The second-order valence-corrected chi connectivity index (χ2v) is 14.4. The summed E-state index contributed by atoms with van der Waals surface area (Å²) < 4.78 is 38.0. The van der Waals surface area contributed by atoms with Gasteiger partial charge in [-0.25, -0.2) is 22.9 Å². The highest BCUT2D eigenvalue weighted by atomic mass is 32.2. The molecule has 1 aliphatic carbocycles. The predicted octanol–water partition coefficient (Wildman–Crippen LogP) is 4.74. The molecule has 5 rings (SSSR count). The van der Waals surface area contributed by atoms with E-state index in [1.54, 1.807) is 25.7 Å². The van der Waals surface area contributed by atoms with E-state index in [1.165, 1.54) is 29.1 Å². The molecular formula is C31H37N5O7S. The number of carbonyl (C=O) groups excluding carboxylic acids is 1. The molecule has 1 amide bonds. The summed E-state index contributed by atoms with van der Waals surface area (Å²) in [6, 6.07) is 15.4. The van der Waals surface area contributed by atoms with Crippen LogP contribution in [0.4, 0.5) is 10.5 Å². The number of non-ortho nitro benzene ring substituents is 1. The Labute approximate surface area is 256 Å². The summed E-state index contributed by atoms with van der Waals surface area (Å²) in [6.45, 7) is 5.81. The van der Waals surface area contributed by atoms with Crippen molar-refractivity contribution >= 4 is 21.8 Å². The SMILES string of the molecule is CC(C)(C)OC(=O)N1CCC(Cn2cnc(-c3ccccc3)cc2=O)(NS(=O)(=O)c2ccc([N+](=O)[O-])cc2)C2(CCCC2)C1. The van der Waals surface area contributed by atoms with Crippen molar-refractivity contribution in [3.05, 3.63) is 87.5 Å². The van der Waals surface area contributed by atoms with Crippen molar-refractivity contribution in [3.8, 4) is 11.3 Å². The molecule has 13 heteroatoms. The Balaban J connectivity index is 1.56. The molecule has 2 aliphatic rings. The molecule has 1 aliphatic heterocycles. The number of piperidine rings is 1. The van der Waals surface area contributed by atoms with Crippen molar-refractivity contribution < 1.29 is 22.9 Å². The van der Waals surface area contributed by atoms with Gasteiger partial charge in [0, 0.05) is 48.8 Å². The lowest BCUT2D eigenvalue weighted by atomic mass is 9.64. The van der Waals surface area contributed by atoms with E-state index in [4.69, 9.17) is 4.74 Å². The predicted molar refractivity (Wildman–Crippen MR) is 163 cm³/mol. The van der Waals surface area contributed by atoms with Gasteiger partial charge < -0.3 is 9.64 Å². The molecule has 1 saturated heterocycles. The van der Waals surface area contributed by atoms with Crippen molar-refractivity contribution in [3.63, 3.8) is 0 Å². The third-order valence-electron chi connectivity index (χ3n) is 8.61. The van der Waals surface area contributed by atoms with Crippen LogP contribution in [-0.2, 0) is 21.3 Å². The van der Waals surface area contributed by atoms with Crippen LogP contribution in [0.25, 0.3) is 11.3 Å². The summed E-state index contributed by atoms with van der Waals surface area (Å²) in [5.74, 6) is 0. The van der Waals surface area contributed by atoms with Crippen molar-refractivity contribution in [1.82, 2.24) is 19.2 Å². The molecule has 3 aromatic rings. The second kappa shape index (κ2) is 11.8. The minimum absolute atomic E-state index is 0.0116. The van der Waals surface area contributed by atoms with Gasteiger partial charge in [-0.15, -0.1) is 0 Å². The van der Waals surface area contributed by atoms with Crippen molar-refractivity contribution in [2.45, 2.75) is 75.5 Å². The minimum Gasteiger partial charge on any atom is -0.444 e. The molecular weight excluding hydrogens is 586 g/mol. The Morgan fingerprint density at radius 1 is 1.07 bits per heavy atom. The molecule has 0 bridgehead atoms. The number of hydrogen-bond acceptors (Lipinski definition) is 8. The third kappa shape index (κ3) is 6.39. The zero-order valence-electron chi connectivity index (χ0n) is 25.1. The lowest BCUT2D eigenvalue weighted by Gasteiger charge is -2.55. The zero-order valence-corrected chi connectivity index (χ0v) is 25.9. The van der Waals surface area contributed by atoms with Gasteiger partial charge in [-0.1, -0.05) is 43.2 Å². The fourth-order valence-electron chi connectivity index (χ4n) is 6.46. The number of benzene rings is 2. The normalized spacial score (nSPS) is 20.0. The number of likely N-dealkylation sites (tertiary alicyclic amines) is 1. The fourth-order valence-corrected chi connectivity index (χ4v) is 7.97. The quantitative estimate of drug-likeness (QED) is 0.293. The van der Waals surface area contributed by atoms with Crippen LogP contribution in [0.2, 0.25) is 0 Å². The van der Waals surface area contributed by atoms with E-state index >= 15 is 0 Å². The first-order valence-corrected chi connectivity index (χ1v) is 16.1. The Bertz CT molecular complexity index is 1700. The number of amides is 1. The van der Waals surface area contributed by atoms with Crippen LogP contribution in [0.15, 0.2) is 76.7 Å². The monoisotopic (exact) mass is 623 g/mol. The van der Waals surface area contributed by atoms with Gasteiger partial charge in [0.1, 0.15) is 5.60 Å². The van der Waals surface area contributed by atoms with Gasteiger partial charge in [-0.3, -0.25) is 19.5 Å². The number of aromatic nitrogens is 2.